The Labute approximate surface area is 160 Å². The zero-order chi connectivity index (χ0) is 20.0. The molecule has 0 aromatic heterocycles. The monoisotopic (exact) mass is 392 g/mol. The second-order valence-electron chi connectivity index (χ2n) is 6.65. The Balaban J connectivity index is 2.06. The number of halogens is 1. The predicted molar refractivity (Wildman–Crippen MR) is 106 cm³/mol. The molecule has 0 fully saturated rings. The Morgan fingerprint density at radius 3 is 2.37 bits per heavy atom. The fourth-order valence-electron chi connectivity index (χ4n) is 2.89. The zero-order valence-electron chi connectivity index (χ0n) is 15.7. The van der Waals surface area contributed by atoms with E-state index in [0.29, 0.717) is 0 Å². The molecule has 0 aliphatic heterocycles. The van der Waals surface area contributed by atoms with E-state index in [4.69, 9.17) is 0 Å². The highest BCUT2D eigenvalue weighted by molar-refractivity contribution is 7.92. The first-order valence-corrected chi connectivity index (χ1v) is 10.6. The fourth-order valence-corrected chi connectivity index (χ4v) is 4.05. The lowest BCUT2D eigenvalue weighted by atomic mass is 10.1. The molecule has 2 atom stereocenters. The van der Waals surface area contributed by atoms with E-state index in [1.165, 1.54) is 30.7 Å². The van der Waals surface area contributed by atoms with Gasteiger partial charge in [-0.25, -0.2) is 12.8 Å². The van der Waals surface area contributed by atoms with Crippen molar-refractivity contribution in [3.63, 3.8) is 0 Å². The summed E-state index contributed by atoms with van der Waals surface area (Å²) in [5, 5.41) is 2.85. The van der Waals surface area contributed by atoms with Crippen molar-refractivity contribution in [3.8, 4) is 0 Å². The molecule has 2 aromatic rings. The van der Waals surface area contributed by atoms with Gasteiger partial charge in [0, 0.05) is 6.04 Å². The lowest BCUT2D eigenvalue weighted by molar-refractivity contribution is -0.122. The molecule has 1 N–H and O–H groups in total. The van der Waals surface area contributed by atoms with Crippen LogP contribution in [-0.4, -0.2) is 32.7 Å². The molecule has 5 nitrogen and oxygen atoms in total. The second kappa shape index (κ2) is 8.99. The van der Waals surface area contributed by atoms with Gasteiger partial charge in [0.15, 0.2) is 0 Å². The highest BCUT2D eigenvalue weighted by Gasteiger charge is 2.29. The van der Waals surface area contributed by atoms with Gasteiger partial charge in [0.05, 0.1) is 11.9 Å². The summed E-state index contributed by atoms with van der Waals surface area (Å²) >= 11 is 0. The lowest BCUT2D eigenvalue weighted by Crippen LogP contribution is -2.50. The molecule has 0 heterocycles. The number of aryl methyl sites for hydroxylation is 1. The van der Waals surface area contributed by atoms with E-state index in [9.17, 15) is 17.6 Å². The summed E-state index contributed by atoms with van der Waals surface area (Å²) in [5.41, 5.74) is 1.29. The summed E-state index contributed by atoms with van der Waals surface area (Å²) in [4.78, 5) is 12.6. The predicted octanol–water partition coefficient (Wildman–Crippen LogP) is 3.12. The van der Waals surface area contributed by atoms with Gasteiger partial charge in [-0.2, -0.15) is 0 Å². The fraction of sp³-hybridized carbons (Fsp3) is 0.350. The van der Waals surface area contributed by atoms with Crippen molar-refractivity contribution in [1.82, 2.24) is 5.32 Å². The molecule has 2 rings (SSSR count). The van der Waals surface area contributed by atoms with Gasteiger partial charge in [-0.1, -0.05) is 36.4 Å². The van der Waals surface area contributed by atoms with Crippen molar-refractivity contribution in [1.29, 1.82) is 0 Å². The van der Waals surface area contributed by atoms with Gasteiger partial charge in [-0.05, 0) is 50.5 Å². The van der Waals surface area contributed by atoms with Crippen LogP contribution in [0.5, 0.6) is 0 Å². The van der Waals surface area contributed by atoms with E-state index >= 15 is 0 Å². The summed E-state index contributed by atoms with van der Waals surface area (Å²) in [7, 11) is -3.76. The average Bonchev–Trinajstić information content (AvgIpc) is 2.60. The molecule has 0 aliphatic carbocycles. The molecule has 0 spiro atoms. The molecular weight excluding hydrogens is 367 g/mol. The van der Waals surface area contributed by atoms with Gasteiger partial charge in [0.1, 0.15) is 11.9 Å². The number of benzene rings is 2. The third kappa shape index (κ3) is 6.06. The Morgan fingerprint density at radius 1 is 1.11 bits per heavy atom. The van der Waals surface area contributed by atoms with E-state index < -0.39 is 27.8 Å². The second-order valence-corrected chi connectivity index (χ2v) is 8.51. The van der Waals surface area contributed by atoms with Gasteiger partial charge in [-0.3, -0.25) is 9.10 Å². The number of nitrogens with one attached hydrogen (secondary N) is 1. The van der Waals surface area contributed by atoms with Crippen LogP contribution in [0.3, 0.4) is 0 Å². The van der Waals surface area contributed by atoms with Crippen LogP contribution in [-0.2, 0) is 21.2 Å². The summed E-state index contributed by atoms with van der Waals surface area (Å²) in [5.74, 6) is -0.991. The third-order valence-electron chi connectivity index (χ3n) is 4.25. The van der Waals surface area contributed by atoms with Crippen LogP contribution in [0.1, 0.15) is 25.8 Å². The topological polar surface area (TPSA) is 66.5 Å². The summed E-state index contributed by atoms with van der Waals surface area (Å²) in [6.45, 7) is 3.37. The molecule has 27 heavy (non-hydrogen) atoms. The van der Waals surface area contributed by atoms with Crippen LogP contribution in [0.15, 0.2) is 54.6 Å². The van der Waals surface area contributed by atoms with Crippen LogP contribution in [0.4, 0.5) is 10.1 Å². The molecule has 0 saturated carbocycles. The maximum Gasteiger partial charge on any atom is 0.243 e. The highest BCUT2D eigenvalue weighted by Crippen LogP contribution is 2.21. The Kier molecular flexibility index (Phi) is 6.96. The highest BCUT2D eigenvalue weighted by atomic mass is 32.2. The van der Waals surface area contributed by atoms with E-state index in [0.717, 1.165) is 29.5 Å². The van der Waals surface area contributed by atoms with Crippen LogP contribution in [0.2, 0.25) is 0 Å². The lowest BCUT2D eigenvalue weighted by Gasteiger charge is -2.29. The number of carbonyl (C=O) groups is 1. The molecule has 7 heteroatoms. The summed E-state index contributed by atoms with van der Waals surface area (Å²) < 4.78 is 38.9. The molecule has 0 bridgehead atoms. The van der Waals surface area contributed by atoms with Gasteiger partial charge in [0.25, 0.3) is 0 Å². The van der Waals surface area contributed by atoms with Crippen molar-refractivity contribution < 1.29 is 17.6 Å². The van der Waals surface area contributed by atoms with E-state index in [2.05, 4.69) is 5.32 Å². The largest absolute Gasteiger partial charge is 0.352 e. The summed E-state index contributed by atoms with van der Waals surface area (Å²) in [6.07, 6.45) is 2.53. The van der Waals surface area contributed by atoms with Crippen molar-refractivity contribution in [3.05, 3.63) is 66.0 Å². The first kappa shape index (κ1) is 20.9. The number of anilines is 1. The molecule has 0 radical (unpaired) electrons. The number of rotatable bonds is 8. The van der Waals surface area contributed by atoms with Crippen LogP contribution < -0.4 is 9.62 Å². The maximum atomic E-state index is 13.5. The Hall–Kier alpha value is -2.41. The molecular formula is C20H25FN2O3S. The number of hydrogen-bond acceptors (Lipinski definition) is 3. The number of nitrogens with zero attached hydrogens (tertiary/aromatic N) is 1. The van der Waals surface area contributed by atoms with E-state index in [-0.39, 0.29) is 11.7 Å². The third-order valence-corrected chi connectivity index (χ3v) is 5.49. The van der Waals surface area contributed by atoms with Crippen molar-refractivity contribution in [2.75, 3.05) is 10.6 Å². The van der Waals surface area contributed by atoms with Crippen molar-refractivity contribution in [2.24, 2.45) is 0 Å². The number of hydrogen-bond donors (Lipinski definition) is 1. The SMILES string of the molecule is C[C@H](CCc1ccccc1)NC(=O)[C@@H](C)N(c1cccc(F)c1)S(C)(=O)=O. The quantitative estimate of drug-likeness (QED) is 0.751. The molecule has 0 aliphatic rings. The first-order valence-electron chi connectivity index (χ1n) is 8.77. The maximum absolute atomic E-state index is 13.5. The zero-order valence-corrected chi connectivity index (χ0v) is 16.5. The average molecular weight is 392 g/mol. The van der Waals surface area contributed by atoms with Gasteiger partial charge >= 0.3 is 0 Å². The van der Waals surface area contributed by atoms with Gasteiger partial charge in [-0.15, -0.1) is 0 Å². The van der Waals surface area contributed by atoms with Crippen LogP contribution in [0, 0.1) is 5.82 Å². The van der Waals surface area contributed by atoms with Crippen LogP contribution in [0.25, 0.3) is 0 Å². The summed E-state index contributed by atoms with van der Waals surface area (Å²) in [6, 6.07) is 14.0. The normalized spacial score (nSPS) is 13.6. The Bertz CT molecular complexity index is 872. The van der Waals surface area contributed by atoms with Crippen molar-refractivity contribution in [2.45, 2.75) is 38.8 Å². The van der Waals surface area contributed by atoms with Crippen LogP contribution >= 0.6 is 0 Å². The molecule has 146 valence electrons. The first-order chi connectivity index (χ1) is 12.7. The minimum Gasteiger partial charge on any atom is -0.352 e. The minimum atomic E-state index is -3.76. The minimum absolute atomic E-state index is 0.122. The Morgan fingerprint density at radius 2 is 1.78 bits per heavy atom. The van der Waals surface area contributed by atoms with Crippen molar-refractivity contribution >= 4 is 21.6 Å². The number of sulfonamides is 1. The standard InChI is InChI=1S/C20H25FN2O3S/c1-15(12-13-17-8-5-4-6-9-17)22-20(24)16(2)23(27(3,25)26)19-11-7-10-18(21)14-19/h4-11,14-16H,12-13H2,1-3H3,(H,22,24)/t15-,16-/m1/s1. The van der Waals surface area contributed by atoms with E-state index in [1.54, 1.807) is 0 Å². The molecule has 0 unspecified atom stereocenters. The molecule has 1 amide bonds. The van der Waals surface area contributed by atoms with E-state index in [1.807, 2.05) is 37.3 Å². The smallest absolute Gasteiger partial charge is 0.243 e. The number of carbonyl (C=O) groups excluding carboxylic acids is 1. The molecule has 0 saturated heterocycles. The number of amides is 1. The van der Waals surface area contributed by atoms with Gasteiger partial charge < -0.3 is 5.32 Å². The van der Waals surface area contributed by atoms with Gasteiger partial charge in [0.2, 0.25) is 15.9 Å². The molecule has 2 aromatic carbocycles.